The highest BCUT2D eigenvalue weighted by Gasteiger charge is 2.29. The van der Waals surface area contributed by atoms with Crippen LogP contribution in [0, 0.1) is 17.2 Å². The molecule has 4 aromatic rings. The third kappa shape index (κ3) is 5.17. The molecule has 1 amide bonds. The van der Waals surface area contributed by atoms with Crippen LogP contribution < -0.4 is 15.0 Å². The SMILES string of the molecule is N#Cc1nc(-c2ccco2)oc1N1CCC(C(=O)Nc2cccc(OCc3cccnc3)c2)CC1. The van der Waals surface area contributed by atoms with E-state index in [1.807, 2.05) is 41.3 Å². The van der Waals surface area contributed by atoms with E-state index in [1.54, 1.807) is 24.5 Å². The van der Waals surface area contributed by atoms with Gasteiger partial charge < -0.3 is 23.8 Å². The molecule has 1 N–H and O–H groups in total. The highest BCUT2D eigenvalue weighted by Crippen LogP contribution is 2.31. The molecule has 4 heterocycles. The minimum atomic E-state index is -0.149. The van der Waals surface area contributed by atoms with Crippen molar-refractivity contribution >= 4 is 17.5 Å². The van der Waals surface area contributed by atoms with Gasteiger partial charge in [-0.1, -0.05) is 12.1 Å². The Morgan fingerprint density at radius 2 is 2.09 bits per heavy atom. The smallest absolute Gasteiger partial charge is 0.266 e. The molecule has 35 heavy (non-hydrogen) atoms. The summed E-state index contributed by atoms with van der Waals surface area (Å²) in [5, 5.41) is 12.5. The van der Waals surface area contributed by atoms with Crippen LogP contribution in [0.5, 0.6) is 5.75 Å². The summed E-state index contributed by atoms with van der Waals surface area (Å²) in [5.74, 6) is 1.63. The lowest BCUT2D eigenvalue weighted by atomic mass is 9.96. The third-order valence-corrected chi connectivity index (χ3v) is 5.83. The fraction of sp³-hybridized carbons (Fsp3) is 0.231. The van der Waals surface area contributed by atoms with E-state index in [2.05, 4.69) is 21.4 Å². The molecule has 1 aliphatic rings. The Kier molecular flexibility index (Phi) is 6.44. The Morgan fingerprint density at radius 1 is 1.20 bits per heavy atom. The summed E-state index contributed by atoms with van der Waals surface area (Å²) in [7, 11) is 0. The third-order valence-electron chi connectivity index (χ3n) is 5.83. The number of anilines is 2. The van der Waals surface area contributed by atoms with Crippen molar-refractivity contribution in [1.29, 1.82) is 5.26 Å². The second-order valence-electron chi connectivity index (χ2n) is 8.19. The van der Waals surface area contributed by atoms with Crippen molar-refractivity contribution in [2.45, 2.75) is 19.4 Å². The number of amides is 1. The number of nitrogens with zero attached hydrogens (tertiary/aromatic N) is 4. The van der Waals surface area contributed by atoms with Crippen LogP contribution in [0.15, 0.2) is 76.0 Å². The van der Waals surface area contributed by atoms with Gasteiger partial charge in [-0.15, -0.1) is 0 Å². The van der Waals surface area contributed by atoms with Crippen molar-refractivity contribution < 1.29 is 18.4 Å². The van der Waals surface area contributed by atoms with Gasteiger partial charge in [-0.05, 0) is 43.2 Å². The highest BCUT2D eigenvalue weighted by molar-refractivity contribution is 5.92. The Morgan fingerprint density at radius 3 is 2.83 bits per heavy atom. The van der Waals surface area contributed by atoms with Crippen LogP contribution >= 0.6 is 0 Å². The number of pyridine rings is 1. The van der Waals surface area contributed by atoms with E-state index in [9.17, 15) is 10.1 Å². The van der Waals surface area contributed by atoms with Crippen molar-refractivity contribution in [2.75, 3.05) is 23.3 Å². The second kappa shape index (κ2) is 10.1. The van der Waals surface area contributed by atoms with E-state index in [1.165, 1.54) is 6.26 Å². The van der Waals surface area contributed by atoms with E-state index >= 15 is 0 Å². The summed E-state index contributed by atoms with van der Waals surface area (Å²) in [6.45, 7) is 1.55. The lowest BCUT2D eigenvalue weighted by Crippen LogP contribution is -2.38. The molecule has 0 saturated carbocycles. The molecule has 0 radical (unpaired) electrons. The lowest BCUT2D eigenvalue weighted by Gasteiger charge is -2.31. The van der Waals surface area contributed by atoms with Gasteiger partial charge >= 0.3 is 0 Å². The number of piperidine rings is 1. The maximum absolute atomic E-state index is 12.9. The van der Waals surface area contributed by atoms with Crippen molar-refractivity contribution in [2.24, 2.45) is 5.92 Å². The molecule has 5 rings (SSSR count). The molecule has 0 unspecified atom stereocenters. The summed E-state index contributed by atoms with van der Waals surface area (Å²) in [6, 6.07) is 16.7. The molecule has 1 saturated heterocycles. The van der Waals surface area contributed by atoms with Crippen LogP contribution in [0.3, 0.4) is 0 Å². The van der Waals surface area contributed by atoms with Crippen LogP contribution in [-0.4, -0.2) is 29.0 Å². The summed E-state index contributed by atoms with van der Waals surface area (Å²) in [6.07, 6.45) is 6.26. The molecular formula is C26H23N5O4. The maximum atomic E-state index is 12.9. The molecule has 9 heteroatoms. The number of aromatic nitrogens is 2. The summed E-state index contributed by atoms with van der Waals surface area (Å²) in [4.78, 5) is 23.2. The number of rotatable bonds is 7. The first kappa shape index (κ1) is 22.2. The first-order valence-corrected chi connectivity index (χ1v) is 11.3. The van der Waals surface area contributed by atoms with Gasteiger partial charge in [-0.2, -0.15) is 10.2 Å². The number of nitriles is 1. The fourth-order valence-electron chi connectivity index (χ4n) is 4.01. The first-order chi connectivity index (χ1) is 17.2. The topological polar surface area (TPSA) is 117 Å². The molecule has 176 valence electrons. The summed E-state index contributed by atoms with van der Waals surface area (Å²) in [5.41, 5.74) is 1.87. The predicted molar refractivity (Wildman–Crippen MR) is 127 cm³/mol. The summed E-state index contributed by atoms with van der Waals surface area (Å²) < 4.78 is 17.0. The number of carbonyl (C=O) groups is 1. The van der Waals surface area contributed by atoms with Crippen LogP contribution in [0.25, 0.3) is 11.7 Å². The van der Waals surface area contributed by atoms with Crippen molar-refractivity contribution in [3.8, 4) is 23.5 Å². The molecule has 0 atom stereocenters. The minimum Gasteiger partial charge on any atom is -0.489 e. The molecule has 0 aliphatic carbocycles. The normalized spacial score (nSPS) is 13.9. The van der Waals surface area contributed by atoms with E-state index < -0.39 is 0 Å². The molecule has 1 aliphatic heterocycles. The van der Waals surface area contributed by atoms with Crippen LogP contribution in [-0.2, 0) is 11.4 Å². The van der Waals surface area contributed by atoms with Gasteiger partial charge in [0.1, 0.15) is 18.4 Å². The van der Waals surface area contributed by atoms with E-state index in [0.29, 0.717) is 55.6 Å². The molecular weight excluding hydrogens is 446 g/mol. The second-order valence-corrected chi connectivity index (χ2v) is 8.19. The number of oxazole rings is 1. The zero-order valence-electron chi connectivity index (χ0n) is 18.9. The van der Waals surface area contributed by atoms with Gasteiger partial charge in [-0.25, -0.2) is 0 Å². The average Bonchev–Trinajstić information content (AvgIpc) is 3.59. The van der Waals surface area contributed by atoms with Crippen molar-refractivity contribution in [3.63, 3.8) is 0 Å². The van der Waals surface area contributed by atoms with Gasteiger partial charge in [0.2, 0.25) is 17.5 Å². The lowest BCUT2D eigenvalue weighted by molar-refractivity contribution is -0.120. The Hall–Kier alpha value is -4.58. The molecule has 9 nitrogen and oxygen atoms in total. The van der Waals surface area contributed by atoms with Gasteiger partial charge in [-0.3, -0.25) is 9.78 Å². The van der Waals surface area contributed by atoms with E-state index in [4.69, 9.17) is 13.6 Å². The first-order valence-electron chi connectivity index (χ1n) is 11.3. The van der Waals surface area contributed by atoms with Crippen LogP contribution in [0.2, 0.25) is 0 Å². The van der Waals surface area contributed by atoms with E-state index in [-0.39, 0.29) is 23.4 Å². The number of furan rings is 1. The summed E-state index contributed by atoms with van der Waals surface area (Å²) >= 11 is 0. The average molecular weight is 470 g/mol. The van der Waals surface area contributed by atoms with Crippen molar-refractivity contribution in [1.82, 2.24) is 9.97 Å². The molecule has 1 fully saturated rings. The highest BCUT2D eigenvalue weighted by atomic mass is 16.5. The zero-order chi connectivity index (χ0) is 24.0. The number of hydrogen-bond acceptors (Lipinski definition) is 8. The quantitative estimate of drug-likeness (QED) is 0.416. The Labute approximate surface area is 202 Å². The molecule has 3 aromatic heterocycles. The predicted octanol–water partition coefficient (Wildman–Crippen LogP) is 4.64. The monoisotopic (exact) mass is 469 g/mol. The number of benzene rings is 1. The van der Waals surface area contributed by atoms with Gasteiger partial charge in [0.25, 0.3) is 5.89 Å². The maximum Gasteiger partial charge on any atom is 0.266 e. The molecule has 0 bridgehead atoms. The van der Waals surface area contributed by atoms with Gasteiger partial charge in [0.05, 0.1) is 6.26 Å². The number of nitrogens with one attached hydrogen (secondary N) is 1. The molecule has 0 spiro atoms. The standard InChI is InChI=1S/C26H23N5O4/c27-15-22-26(35-25(30-22)23-7-3-13-33-23)31-11-8-19(9-12-31)24(32)29-20-5-1-6-21(14-20)34-17-18-4-2-10-28-16-18/h1-7,10,13-14,16,19H,8-9,11-12,17H2,(H,29,32). The van der Waals surface area contributed by atoms with Gasteiger partial charge in [0.15, 0.2) is 5.76 Å². The van der Waals surface area contributed by atoms with Crippen molar-refractivity contribution in [3.05, 3.63) is 78.4 Å². The Bertz CT molecular complexity index is 1320. The molecule has 1 aromatic carbocycles. The number of ether oxygens (including phenoxy) is 1. The number of carbonyl (C=O) groups excluding carboxylic acids is 1. The fourth-order valence-corrected chi connectivity index (χ4v) is 4.01. The zero-order valence-corrected chi connectivity index (χ0v) is 18.9. The van der Waals surface area contributed by atoms with E-state index in [0.717, 1.165) is 5.56 Å². The van der Waals surface area contributed by atoms with Crippen LogP contribution in [0.1, 0.15) is 24.1 Å². The Balaban J connectivity index is 1.17. The number of hydrogen-bond donors (Lipinski definition) is 1. The largest absolute Gasteiger partial charge is 0.489 e. The van der Waals surface area contributed by atoms with Gasteiger partial charge in [0, 0.05) is 48.7 Å². The van der Waals surface area contributed by atoms with Crippen LogP contribution in [0.4, 0.5) is 11.6 Å². The minimum absolute atomic E-state index is 0.0385.